The average molecular weight is 313 g/mol. The number of sulfone groups is 1. The van der Waals surface area contributed by atoms with Crippen LogP contribution in [0.1, 0.15) is 12.5 Å². The quantitative estimate of drug-likeness (QED) is 0.942. The van der Waals surface area contributed by atoms with Gasteiger partial charge in [-0.1, -0.05) is 11.6 Å². The van der Waals surface area contributed by atoms with E-state index in [1.165, 1.54) is 6.26 Å². The van der Waals surface area contributed by atoms with E-state index in [1.807, 2.05) is 32.0 Å². The number of benzene rings is 1. The summed E-state index contributed by atoms with van der Waals surface area (Å²) in [5, 5.41) is 4.66. The molecule has 6 heteroatoms. The number of anilines is 1. The second-order valence-electron chi connectivity index (χ2n) is 5.09. The monoisotopic (exact) mass is 312 g/mol. The highest BCUT2D eigenvalue weighted by molar-refractivity contribution is 7.90. The van der Waals surface area contributed by atoms with Crippen LogP contribution in [0.15, 0.2) is 24.4 Å². The highest BCUT2D eigenvalue weighted by Crippen LogP contribution is 2.33. The van der Waals surface area contributed by atoms with Crippen molar-refractivity contribution in [2.75, 3.05) is 17.3 Å². The number of hydrogen-bond acceptors (Lipinski definition) is 4. The minimum absolute atomic E-state index is 0.0545. The van der Waals surface area contributed by atoms with Crippen LogP contribution >= 0.6 is 11.6 Å². The number of nitrogens with one attached hydrogen (secondary N) is 1. The Morgan fingerprint density at radius 2 is 2.15 bits per heavy atom. The number of rotatable bonds is 4. The molecule has 1 atom stereocenters. The van der Waals surface area contributed by atoms with E-state index < -0.39 is 9.84 Å². The SMILES string of the molecule is Cc1cc(Cl)c(NC(C)CS(C)(=O)=O)c2cccnc12. The van der Waals surface area contributed by atoms with E-state index in [9.17, 15) is 8.42 Å². The third-order valence-electron chi connectivity index (χ3n) is 2.98. The van der Waals surface area contributed by atoms with Crippen LogP contribution in [-0.4, -0.2) is 31.5 Å². The lowest BCUT2D eigenvalue weighted by Gasteiger charge is -2.18. The number of nitrogens with zero attached hydrogens (tertiary/aromatic N) is 1. The standard InChI is InChI=1S/C14H17ClN2O2S/c1-9-7-12(15)14(11-5-4-6-16-13(9)11)17-10(2)8-20(3,18)19/h4-7,10,17H,8H2,1-3H3. The van der Waals surface area contributed by atoms with E-state index in [0.717, 1.165) is 22.2 Å². The maximum Gasteiger partial charge on any atom is 0.149 e. The zero-order valence-electron chi connectivity index (χ0n) is 11.6. The normalized spacial score (nSPS) is 13.4. The molecule has 1 heterocycles. The minimum Gasteiger partial charge on any atom is -0.380 e. The number of aryl methyl sites for hydroxylation is 1. The molecule has 0 aliphatic rings. The van der Waals surface area contributed by atoms with Gasteiger partial charge in [-0.25, -0.2) is 8.42 Å². The van der Waals surface area contributed by atoms with Crippen molar-refractivity contribution in [3.05, 3.63) is 35.0 Å². The topological polar surface area (TPSA) is 59.1 Å². The number of halogens is 1. The number of fused-ring (bicyclic) bond motifs is 1. The molecule has 1 unspecified atom stereocenters. The van der Waals surface area contributed by atoms with Gasteiger partial charge in [0, 0.05) is 23.9 Å². The van der Waals surface area contributed by atoms with Gasteiger partial charge in [0.25, 0.3) is 0 Å². The lowest BCUT2D eigenvalue weighted by atomic mass is 10.1. The largest absolute Gasteiger partial charge is 0.380 e. The predicted molar refractivity (Wildman–Crippen MR) is 84.3 cm³/mol. The second kappa shape index (κ2) is 5.58. The molecule has 2 aromatic rings. The first-order valence-corrected chi connectivity index (χ1v) is 8.70. The molecule has 20 heavy (non-hydrogen) atoms. The predicted octanol–water partition coefficient (Wildman–Crippen LogP) is 3.04. The fourth-order valence-corrected chi connectivity index (χ4v) is 3.58. The molecule has 0 aliphatic heterocycles. The molecule has 2 rings (SSSR count). The Morgan fingerprint density at radius 1 is 1.45 bits per heavy atom. The van der Waals surface area contributed by atoms with Gasteiger partial charge >= 0.3 is 0 Å². The van der Waals surface area contributed by atoms with Crippen LogP contribution < -0.4 is 5.32 Å². The number of aromatic nitrogens is 1. The molecule has 0 spiro atoms. The third-order valence-corrected chi connectivity index (χ3v) is 4.38. The molecule has 1 aromatic carbocycles. The van der Waals surface area contributed by atoms with E-state index in [1.54, 1.807) is 6.20 Å². The number of hydrogen-bond donors (Lipinski definition) is 1. The molecule has 0 bridgehead atoms. The van der Waals surface area contributed by atoms with E-state index in [0.29, 0.717) is 5.02 Å². The molecular weight excluding hydrogens is 296 g/mol. The summed E-state index contributed by atoms with van der Waals surface area (Å²) in [6, 6.07) is 5.38. The lowest BCUT2D eigenvalue weighted by molar-refractivity contribution is 0.598. The van der Waals surface area contributed by atoms with Crippen LogP contribution in [0.25, 0.3) is 10.9 Å². The Hall–Kier alpha value is -1.33. The molecule has 0 fully saturated rings. The molecule has 1 aromatic heterocycles. The third kappa shape index (κ3) is 3.41. The summed E-state index contributed by atoms with van der Waals surface area (Å²) in [5.74, 6) is 0.0545. The molecule has 0 saturated carbocycles. The second-order valence-corrected chi connectivity index (χ2v) is 7.68. The number of pyridine rings is 1. The smallest absolute Gasteiger partial charge is 0.149 e. The van der Waals surface area contributed by atoms with Crippen molar-refractivity contribution in [2.45, 2.75) is 19.9 Å². The van der Waals surface area contributed by atoms with Crippen LogP contribution in [0.2, 0.25) is 5.02 Å². The van der Waals surface area contributed by atoms with Crippen molar-refractivity contribution in [3.8, 4) is 0 Å². The Balaban J connectivity index is 2.44. The maximum atomic E-state index is 11.3. The Labute approximate surface area is 124 Å². The molecule has 0 saturated heterocycles. The van der Waals surface area contributed by atoms with E-state index in [4.69, 9.17) is 11.6 Å². The Morgan fingerprint density at radius 3 is 2.80 bits per heavy atom. The Bertz CT molecular complexity index is 744. The molecule has 0 radical (unpaired) electrons. The molecule has 0 aliphatic carbocycles. The first kappa shape index (κ1) is 15.1. The summed E-state index contributed by atoms with van der Waals surface area (Å²) in [6.07, 6.45) is 2.95. The summed E-state index contributed by atoms with van der Waals surface area (Å²) in [7, 11) is -3.04. The summed E-state index contributed by atoms with van der Waals surface area (Å²) in [6.45, 7) is 3.77. The first-order chi connectivity index (χ1) is 9.28. The van der Waals surface area contributed by atoms with Gasteiger partial charge in [-0.05, 0) is 37.6 Å². The first-order valence-electron chi connectivity index (χ1n) is 6.26. The summed E-state index contributed by atoms with van der Waals surface area (Å²) < 4.78 is 22.7. The fraction of sp³-hybridized carbons (Fsp3) is 0.357. The highest BCUT2D eigenvalue weighted by atomic mass is 35.5. The van der Waals surface area contributed by atoms with Crippen LogP contribution in [-0.2, 0) is 9.84 Å². The van der Waals surface area contributed by atoms with E-state index >= 15 is 0 Å². The fourth-order valence-electron chi connectivity index (χ4n) is 2.27. The van der Waals surface area contributed by atoms with Crippen molar-refractivity contribution in [2.24, 2.45) is 0 Å². The van der Waals surface area contributed by atoms with Gasteiger partial charge in [-0.2, -0.15) is 0 Å². The Kier molecular flexibility index (Phi) is 4.20. The van der Waals surface area contributed by atoms with E-state index in [2.05, 4.69) is 10.3 Å². The van der Waals surface area contributed by atoms with Crippen molar-refractivity contribution >= 4 is 38.0 Å². The van der Waals surface area contributed by atoms with Crippen LogP contribution in [0.4, 0.5) is 5.69 Å². The van der Waals surface area contributed by atoms with Crippen LogP contribution in [0, 0.1) is 6.92 Å². The van der Waals surface area contributed by atoms with Crippen molar-refractivity contribution < 1.29 is 8.42 Å². The maximum absolute atomic E-state index is 11.3. The summed E-state index contributed by atoms with van der Waals surface area (Å²) in [4.78, 5) is 4.35. The van der Waals surface area contributed by atoms with Gasteiger partial charge in [0.05, 0.1) is 22.0 Å². The molecule has 1 N–H and O–H groups in total. The van der Waals surface area contributed by atoms with Crippen molar-refractivity contribution in [1.82, 2.24) is 4.98 Å². The molecular formula is C14H17ClN2O2S. The zero-order chi connectivity index (χ0) is 14.9. The van der Waals surface area contributed by atoms with Gasteiger partial charge in [0.15, 0.2) is 0 Å². The zero-order valence-corrected chi connectivity index (χ0v) is 13.2. The van der Waals surface area contributed by atoms with E-state index in [-0.39, 0.29) is 11.8 Å². The molecule has 4 nitrogen and oxygen atoms in total. The van der Waals surface area contributed by atoms with Gasteiger partial charge in [-0.15, -0.1) is 0 Å². The minimum atomic E-state index is -3.04. The lowest BCUT2D eigenvalue weighted by Crippen LogP contribution is -2.25. The van der Waals surface area contributed by atoms with Crippen LogP contribution in [0.5, 0.6) is 0 Å². The van der Waals surface area contributed by atoms with Gasteiger partial charge in [0.2, 0.25) is 0 Å². The van der Waals surface area contributed by atoms with Gasteiger partial charge in [-0.3, -0.25) is 4.98 Å². The molecule has 108 valence electrons. The molecule has 0 amide bonds. The highest BCUT2D eigenvalue weighted by Gasteiger charge is 2.15. The van der Waals surface area contributed by atoms with Gasteiger partial charge in [0.1, 0.15) is 9.84 Å². The summed E-state index contributed by atoms with van der Waals surface area (Å²) in [5.41, 5.74) is 2.59. The average Bonchev–Trinajstić information content (AvgIpc) is 2.32. The summed E-state index contributed by atoms with van der Waals surface area (Å²) >= 11 is 6.28. The van der Waals surface area contributed by atoms with Crippen LogP contribution in [0.3, 0.4) is 0 Å². The van der Waals surface area contributed by atoms with Crippen molar-refractivity contribution in [1.29, 1.82) is 0 Å². The van der Waals surface area contributed by atoms with Crippen molar-refractivity contribution in [3.63, 3.8) is 0 Å². The van der Waals surface area contributed by atoms with Gasteiger partial charge < -0.3 is 5.32 Å².